The van der Waals surface area contributed by atoms with Crippen molar-refractivity contribution in [1.29, 1.82) is 0 Å². The van der Waals surface area contributed by atoms with Gasteiger partial charge in [0.05, 0.1) is 10.6 Å². The van der Waals surface area contributed by atoms with Gasteiger partial charge in [-0.1, -0.05) is 32.0 Å². The molecule has 9 nitrogen and oxygen atoms in total. The van der Waals surface area contributed by atoms with E-state index in [4.69, 9.17) is 4.42 Å². The quantitative estimate of drug-likeness (QED) is 0.349. The van der Waals surface area contributed by atoms with Gasteiger partial charge in [-0.05, 0) is 54.6 Å². The Morgan fingerprint density at radius 2 is 1.51 bits per heavy atom. The summed E-state index contributed by atoms with van der Waals surface area (Å²) in [6, 6.07) is 19.6. The van der Waals surface area contributed by atoms with Crippen LogP contribution >= 0.6 is 0 Å². The molecule has 0 bridgehead atoms. The van der Waals surface area contributed by atoms with Crippen molar-refractivity contribution in [3.8, 4) is 28.7 Å². The number of carbonyl (C=O) groups is 1. The highest BCUT2D eigenvalue weighted by Gasteiger charge is 2.23. The van der Waals surface area contributed by atoms with Crippen LogP contribution in [0.3, 0.4) is 0 Å². The van der Waals surface area contributed by atoms with Crippen molar-refractivity contribution in [2.75, 3.05) is 18.4 Å². The van der Waals surface area contributed by atoms with E-state index in [1.165, 1.54) is 22.5 Å². The first-order valence-corrected chi connectivity index (χ1v) is 12.4. The van der Waals surface area contributed by atoms with Crippen LogP contribution in [-0.2, 0) is 10.0 Å². The van der Waals surface area contributed by atoms with E-state index in [1.54, 1.807) is 38.1 Å². The standard InChI is InChI=1S/C25H24N4O5S/c1-3-29(4-2)35(32,33)20-14-15-22(30)21(16-20)26-23(31)17-10-12-19(13-11-17)25-28-27-24(34-25)18-8-6-5-7-9-18/h5-16,30H,3-4H2,1-2H3,(H,26,31). The van der Waals surface area contributed by atoms with Crippen molar-refractivity contribution in [2.45, 2.75) is 18.7 Å². The van der Waals surface area contributed by atoms with Gasteiger partial charge in [0.25, 0.3) is 5.91 Å². The van der Waals surface area contributed by atoms with Gasteiger partial charge in [-0.15, -0.1) is 10.2 Å². The second kappa shape index (κ2) is 10.1. The molecule has 0 radical (unpaired) electrons. The lowest BCUT2D eigenvalue weighted by atomic mass is 10.1. The zero-order chi connectivity index (χ0) is 25.0. The fourth-order valence-corrected chi connectivity index (χ4v) is 4.97. The summed E-state index contributed by atoms with van der Waals surface area (Å²) in [6.07, 6.45) is 0. The minimum Gasteiger partial charge on any atom is -0.506 e. The van der Waals surface area contributed by atoms with Gasteiger partial charge in [0.15, 0.2) is 0 Å². The summed E-state index contributed by atoms with van der Waals surface area (Å²) in [4.78, 5) is 12.8. The fourth-order valence-electron chi connectivity index (χ4n) is 3.48. The molecule has 0 unspecified atom stereocenters. The number of aromatic hydroxyl groups is 1. The van der Waals surface area contributed by atoms with Crippen LogP contribution < -0.4 is 5.32 Å². The number of rotatable bonds is 8. The van der Waals surface area contributed by atoms with E-state index in [9.17, 15) is 18.3 Å². The molecule has 3 aromatic carbocycles. The number of amides is 1. The molecule has 4 rings (SSSR count). The molecular weight excluding hydrogens is 468 g/mol. The Morgan fingerprint density at radius 3 is 2.11 bits per heavy atom. The Labute approximate surface area is 203 Å². The number of nitrogens with one attached hydrogen (secondary N) is 1. The van der Waals surface area contributed by atoms with E-state index in [0.717, 1.165) is 5.56 Å². The molecule has 0 saturated carbocycles. The third-order valence-electron chi connectivity index (χ3n) is 5.40. The Bertz CT molecular complexity index is 1430. The molecule has 35 heavy (non-hydrogen) atoms. The summed E-state index contributed by atoms with van der Waals surface area (Å²) < 4.78 is 32.6. The van der Waals surface area contributed by atoms with E-state index >= 15 is 0 Å². The van der Waals surface area contributed by atoms with Crippen LogP contribution in [-0.4, -0.2) is 47.0 Å². The Kier molecular flexibility index (Phi) is 6.94. The van der Waals surface area contributed by atoms with Gasteiger partial charge in [0.1, 0.15) is 5.75 Å². The van der Waals surface area contributed by atoms with Crippen molar-refractivity contribution < 1.29 is 22.7 Å². The first kappa shape index (κ1) is 24.1. The summed E-state index contributed by atoms with van der Waals surface area (Å²) in [6.45, 7) is 4.09. The predicted molar refractivity (Wildman–Crippen MR) is 131 cm³/mol. The molecule has 1 amide bonds. The van der Waals surface area contributed by atoms with Gasteiger partial charge < -0.3 is 14.8 Å². The molecule has 1 aromatic heterocycles. The molecule has 0 saturated heterocycles. The average molecular weight is 493 g/mol. The third kappa shape index (κ3) is 5.08. The third-order valence-corrected chi connectivity index (χ3v) is 7.45. The van der Waals surface area contributed by atoms with Gasteiger partial charge in [-0.3, -0.25) is 4.79 Å². The molecular formula is C25H24N4O5S. The number of anilines is 1. The van der Waals surface area contributed by atoms with Crippen LogP contribution in [0.15, 0.2) is 82.1 Å². The van der Waals surface area contributed by atoms with Crippen LogP contribution in [0.5, 0.6) is 5.75 Å². The zero-order valence-electron chi connectivity index (χ0n) is 19.2. The van der Waals surface area contributed by atoms with Crippen LogP contribution in [0.25, 0.3) is 22.9 Å². The van der Waals surface area contributed by atoms with Crippen molar-refractivity contribution >= 4 is 21.6 Å². The first-order valence-electron chi connectivity index (χ1n) is 11.0. The van der Waals surface area contributed by atoms with Crippen LogP contribution in [0.1, 0.15) is 24.2 Å². The van der Waals surface area contributed by atoms with Crippen molar-refractivity contribution in [2.24, 2.45) is 0 Å². The van der Waals surface area contributed by atoms with Gasteiger partial charge in [0.2, 0.25) is 21.8 Å². The monoisotopic (exact) mass is 492 g/mol. The maximum Gasteiger partial charge on any atom is 0.255 e. The Balaban J connectivity index is 1.52. The number of sulfonamides is 1. The smallest absolute Gasteiger partial charge is 0.255 e. The molecule has 0 atom stereocenters. The number of aromatic nitrogens is 2. The summed E-state index contributed by atoms with van der Waals surface area (Å²) >= 11 is 0. The molecule has 2 N–H and O–H groups in total. The number of benzene rings is 3. The minimum atomic E-state index is -3.75. The lowest BCUT2D eigenvalue weighted by Gasteiger charge is -2.19. The highest BCUT2D eigenvalue weighted by atomic mass is 32.2. The summed E-state index contributed by atoms with van der Waals surface area (Å²) in [7, 11) is -3.75. The summed E-state index contributed by atoms with van der Waals surface area (Å²) in [5.41, 5.74) is 1.73. The Hall–Kier alpha value is -4.02. The number of hydrogen-bond acceptors (Lipinski definition) is 7. The van der Waals surface area contributed by atoms with Gasteiger partial charge >= 0.3 is 0 Å². The van der Waals surface area contributed by atoms with E-state index in [1.807, 2.05) is 30.3 Å². The highest BCUT2D eigenvalue weighted by molar-refractivity contribution is 7.89. The topological polar surface area (TPSA) is 126 Å². The van der Waals surface area contributed by atoms with Crippen molar-refractivity contribution in [3.05, 3.63) is 78.4 Å². The molecule has 0 aliphatic rings. The second-order valence-electron chi connectivity index (χ2n) is 7.58. The van der Waals surface area contributed by atoms with E-state index in [-0.39, 0.29) is 16.3 Å². The number of nitrogens with zero attached hydrogens (tertiary/aromatic N) is 3. The maximum atomic E-state index is 12.8. The van der Waals surface area contributed by atoms with Crippen LogP contribution in [0.4, 0.5) is 5.69 Å². The summed E-state index contributed by atoms with van der Waals surface area (Å²) in [5, 5.41) is 20.9. The predicted octanol–water partition coefficient (Wildman–Crippen LogP) is 4.39. The maximum absolute atomic E-state index is 12.8. The van der Waals surface area contributed by atoms with E-state index < -0.39 is 15.9 Å². The first-order chi connectivity index (χ1) is 16.8. The number of hydrogen-bond donors (Lipinski definition) is 2. The molecule has 0 aliphatic carbocycles. The second-order valence-corrected chi connectivity index (χ2v) is 9.52. The van der Waals surface area contributed by atoms with Crippen LogP contribution in [0.2, 0.25) is 0 Å². The fraction of sp³-hybridized carbons (Fsp3) is 0.160. The Morgan fingerprint density at radius 1 is 0.914 bits per heavy atom. The molecule has 0 spiro atoms. The lowest BCUT2D eigenvalue weighted by molar-refractivity contribution is 0.102. The molecule has 0 aliphatic heterocycles. The SMILES string of the molecule is CCN(CC)S(=O)(=O)c1ccc(O)c(NC(=O)c2ccc(-c3nnc(-c4ccccc4)o3)cc2)c1. The van der Waals surface area contributed by atoms with Gasteiger partial charge in [-0.2, -0.15) is 4.31 Å². The largest absolute Gasteiger partial charge is 0.506 e. The number of phenolic OH excluding ortho intramolecular Hbond substituents is 1. The summed E-state index contributed by atoms with van der Waals surface area (Å²) in [5.74, 6) is -0.0623. The highest BCUT2D eigenvalue weighted by Crippen LogP contribution is 2.29. The van der Waals surface area contributed by atoms with Crippen molar-refractivity contribution in [1.82, 2.24) is 14.5 Å². The zero-order valence-corrected chi connectivity index (χ0v) is 20.0. The lowest BCUT2D eigenvalue weighted by Crippen LogP contribution is -2.30. The van der Waals surface area contributed by atoms with E-state index in [2.05, 4.69) is 15.5 Å². The molecule has 10 heteroatoms. The molecule has 0 fully saturated rings. The number of phenols is 1. The van der Waals surface area contributed by atoms with Gasteiger partial charge in [-0.25, -0.2) is 8.42 Å². The van der Waals surface area contributed by atoms with Gasteiger partial charge in [0, 0.05) is 29.8 Å². The number of carbonyl (C=O) groups excluding carboxylic acids is 1. The van der Waals surface area contributed by atoms with Crippen molar-refractivity contribution in [3.63, 3.8) is 0 Å². The average Bonchev–Trinajstić information content (AvgIpc) is 3.37. The molecule has 180 valence electrons. The minimum absolute atomic E-state index is 0.00304. The molecule has 4 aromatic rings. The normalized spacial score (nSPS) is 11.5. The van der Waals surface area contributed by atoms with E-state index in [0.29, 0.717) is 36.0 Å². The van der Waals surface area contributed by atoms with Crippen LogP contribution in [0, 0.1) is 0 Å². The molecule has 1 heterocycles.